The Bertz CT molecular complexity index is 707. The van der Waals surface area contributed by atoms with Gasteiger partial charge in [0.25, 0.3) is 0 Å². The summed E-state index contributed by atoms with van der Waals surface area (Å²) in [4.78, 5) is 0.282. The van der Waals surface area contributed by atoms with Crippen molar-refractivity contribution in [2.24, 2.45) is 0 Å². The third-order valence-corrected chi connectivity index (χ3v) is 5.04. The van der Waals surface area contributed by atoms with E-state index in [0.29, 0.717) is 6.42 Å². The third kappa shape index (κ3) is 3.87. The molecule has 0 spiro atoms. The van der Waals surface area contributed by atoms with E-state index in [9.17, 15) is 8.42 Å². The predicted molar refractivity (Wildman–Crippen MR) is 87.5 cm³/mol. The van der Waals surface area contributed by atoms with Crippen LogP contribution >= 0.6 is 0 Å². The van der Waals surface area contributed by atoms with Gasteiger partial charge in [0.2, 0.25) is 10.0 Å². The van der Waals surface area contributed by atoms with Crippen molar-refractivity contribution in [2.45, 2.75) is 31.2 Å². The normalized spacial score (nSPS) is 12.9. The number of hydrogen-bond acceptors (Lipinski definition) is 3. The molecular formula is C17H21NO3S. The molecule has 2 aromatic rings. The summed E-state index contributed by atoms with van der Waals surface area (Å²) in [6.45, 7) is 3.88. The first-order valence-corrected chi connectivity index (χ1v) is 8.67. The van der Waals surface area contributed by atoms with Gasteiger partial charge in [-0.25, -0.2) is 13.1 Å². The minimum absolute atomic E-state index is 0.266. The molecule has 0 unspecified atom stereocenters. The van der Waals surface area contributed by atoms with Gasteiger partial charge in [-0.3, -0.25) is 0 Å². The van der Waals surface area contributed by atoms with E-state index < -0.39 is 10.0 Å². The number of sulfonamides is 1. The van der Waals surface area contributed by atoms with Crippen LogP contribution in [0.1, 0.15) is 30.5 Å². The largest absolute Gasteiger partial charge is 0.497 e. The molecule has 4 nitrogen and oxygen atoms in total. The molecule has 0 saturated carbocycles. The van der Waals surface area contributed by atoms with Gasteiger partial charge in [-0.1, -0.05) is 36.8 Å². The molecule has 0 aliphatic heterocycles. The Morgan fingerprint density at radius 2 is 1.64 bits per heavy atom. The van der Waals surface area contributed by atoms with Gasteiger partial charge in [0.15, 0.2) is 0 Å². The monoisotopic (exact) mass is 319 g/mol. The molecular weight excluding hydrogens is 298 g/mol. The Morgan fingerprint density at radius 3 is 2.14 bits per heavy atom. The smallest absolute Gasteiger partial charge is 0.241 e. The molecule has 1 N–H and O–H groups in total. The number of aryl methyl sites for hydroxylation is 1. The van der Waals surface area contributed by atoms with Crippen LogP contribution in [0, 0.1) is 6.92 Å². The Morgan fingerprint density at radius 1 is 1.05 bits per heavy atom. The second-order valence-corrected chi connectivity index (χ2v) is 6.88. The van der Waals surface area contributed by atoms with Crippen molar-refractivity contribution in [1.82, 2.24) is 4.72 Å². The Kier molecular flexibility index (Phi) is 5.21. The van der Waals surface area contributed by atoms with Crippen molar-refractivity contribution in [3.05, 3.63) is 59.7 Å². The van der Waals surface area contributed by atoms with Gasteiger partial charge in [0.05, 0.1) is 12.0 Å². The van der Waals surface area contributed by atoms with E-state index in [2.05, 4.69) is 4.72 Å². The van der Waals surface area contributed by atoms with Gasteiger partial charge >= 0.3 is 0 Å². The van der Waals surface area contributed by atoms with Crippen LogP contribution in [0.25, 0.3) is 0 Å². The number of rotatable bonds is 6. The van der Waals surface area contributed by atoms with Crippen molar-refractivity contribution in [2.75, 3.05) is 7.11 Å². The molecule has 2 aromatic carbocycles. The van der Waals surface area contributed by atoms with E-state index >= 15 is 0 Å². The lowest BCUT2D eigenvalue weighted by atomic mass is 10.1. The van der Waals surface area contributed by atoms with Crippen LogP contribution in [0.15, 0.2) is 53.4 Å². The van der Waals surface area contributed by atoms with Crippen LogP contribution in [0.2, 0.25) is 0 Å². The van der Waals surface area contributed by atoms with Crippen LogP contribution in [-0.2, 0) is 10.0 Å². The Hall–Kier alpha value is -1.85. The number of hydrogen-bond donors (Lipinski definition) is 1. The summed E-state index contributed by atoms with van der Waals surface area (Å²) < 4.78 is 32.8. The van der Waals surface area contributed by atoms with E-state index in [1.54, 1.807) is 31.4 Å². The van der Waals surface area contributed by atoms with E-state index in [1.807, 2.05) is 38.1 Å². The molecule has 0 fully saturated rings. The minimum atomic E-state index is -3.53. The standard InChI is InChI=1S/C17H21NO3S/c1-4-17(14-7-9-15(21-3)10-8-14)18-22(19,20)16-11-5-13(2)6-12-16/h5-12,17-18H,4H2,1-3H3/t17-/m0/s1. The van der Waals surface area contributed by atoms with Crippen LogP contribution in [-0.4, -0.2) is 15.5 Å². The molecule has 22 heavy (non-hydrogen) atoms. The minimum Gasteiger partial charge on any atom is -0.497 e. The lowest BCUT2D eigenvalue weighted by molar-refractivity contribution is 0.414. The SMILES string of the molecule is CC[C@H](NS(=O)(=O)c1ccc(C)cc1)c1ccc(OC)cc1. The Balaban J connectivity index is 2.22. The summed E-state index contributed by atoms with van der Waals surface area (Å²) in [6, 6.07) is 14.0. The van der Waals surface area contributed by atoms with Crippen molar-refractivity contribution in [3.63, 3.8) is 0 Å². The second-order valence-electron chi connectivity index (χ2n) is 5.17. The fourth-order valence-corrected chi connectivity index (χ4v) is 3.50. The first-order valence-electron chi connectivity index (χ1n) is 7.19. The van der Waals surface area contributed by atoms with E-state index in [-0.39, 0.29) is 10.9 Å². The summed E-state index contributed by atoms with van der Waals surface area (Å²) >= 11 is 0. The molecule has 118 valence electrons. The van der Waals surface area contributed by atoms with Gasteiger partial charge in [-0.15, -0.1) is 0 Å². The zero-order valence-corrected chi connectivity index (χ0v) is 13.9. The molecule has 0 aliphatic carbocycles. The third-order valence-electron chi connectivity index (χ3n) is 3.56. The average molecular weight is 319 g/mol. The van der Waals surface area contributed by atoms with Gasteiger partial charge in [0.1, 0.15) is 5.75 Å². The summed E-state index contributed by atoms with van der Waals surface area (Å²) in [5.74, 6) is 0.750. The number of methoxy groups -OCH3 is 1. The molecule has 2 rings (SSSR count). The predicted octanol–water partition coefficient (Wildman–Crippen LogP) is 3.43. The van der Waals surface area contributed by atoms with Crippen molar-refractivity contribution in [3.8, 4) is 5.75 Å². The molecule has 0 amide bonds. The van der Waals surface area contributed by atoms with Crippen molar-refractivity contribution in [1.29, 1.82) is 0 Å². The van der Waals surface area contributed by atoms with Gasteiger partial charge in [-0.2, -0.15) is 0 Å². The number of ether oxygens (including phenoxy) is 1. The molecule has 1 atom stereocenters. The Labute approximate surface area is 132 Å². The first-order chi connectivity index (χ1) is 10.5. The van der Waals surface area contributed by atoms with Gasteiger partial charge in [-0.05, 0) is 43.2 Å². The van der Waals surface area contributed by atoms with E-state index in [4.69, 9.17) is 4.74 Å². The summed E-state index contributed by atoms with van der Waals surface area (Å²) in [5, 5.41) is 0. The van der Waals surface area contributed by atoms with Crippen LogP contribution in [0.4, 0.5) is 0 Å². The van der Waals surface area contributed by atoms with Crippen LogP contribution in [0.5, 0.6) is 5.75 Å². The fraction of sp³-hybridized carbons (Fsp3) is 0.294. The van der Waals surface area contributed by atoms with E-state index in [0.717, 1.165) is 16.9 Å². The zero-order valence-electron chi connectivity index (χ0n) is 13.0. The molecule has 5 heteroatoms. The average Bonchev–Trinajstić information content (AvgIpc) is 2.53. The topological polar surface area (TPSA) is 55.4 Å². The highest BCUT2D eigenvalue weighted by atomic mass is 32.2. The molecule has 0 bridgehead atoms. The van der Waals surface area contributed by atoms with Crippen LogP contribution < -0.4 is 9.46 Å². The number of benzene rings is 2. The molecule has 0 radical (unpaired) electrons. The quantitative estimate of drug-likeness (QED) is 0.887. The molecule has 0 aliphatic rings. The fourth-order valence-electron chi connectivity index (χ4n) is 2.20. The first kappa shape index (κ1) is 16.5. The lowest BCUT2D eigenvalue weighted by Gasteiger charge is -2.18. The maximum atomic E-state index is 12.5. The molecule has 0 heterocycles. The molecule has 0 saturated heterocycles. The second kappa shape index (κ2) is 6.94. The molecule has 0 aromatic heterocycles. The highest BCUT2D eigenvalue weighted by molar-refractivity contribution is 7.89. The highest BCUT2D eigenvalue weighted by Crippen LogP contribution is 2.22. The maximum Gasteiger partial charge on any atom is 0.241 e. The van der Waals surface area contributed by atoms with Gasteiger partial charge < -0.3 is 4.74 Å². The summed E-state index contributed by atoms with van der Waals surface area (Å²) in [5.41, 5.74) is 1.94. The van der Waals surface area contributed by atoms with E-state index in [1.165, 1.54) is 0 Å². The highest BCUT2D eigenvalue weighted by Gasteiger charge is 2.20. The van der Waals surface area contributed by atoms with Gasteiger partial charge in [0, 0.05) is 6.04 Å². The van der Waals surface area contributed by atoms with Crippen LogP contribution in [0.3, 0.4) is 0 Å². The van der Waals surface area contributed by atoms with Crippen molar-refractivity contribution < 1.29 is 13.2 Å². The van der Waals surface area contributed by atoms with Crippen molar-refractivity contribution >= 4 is 10.0 Å². The maximum absolute atomic E-state index is 12.5. The number of nitrogens with one attached hydrogen (secondary N) is 1. The summed E-state index contributed by atoms with van der Waals surface area (Å²) in [7, 11) is -1.93. The zero-order chi connectivity index (χ0) is 16.2. The lowest BCUT2D eigenvalue weighted by Crippen LogP contribution is -2.28. The summed E-state index contributed by atoms with van der Waals surface area (Å²) in [6.07, 6.45) is 0.664.